The summed E-state index contributed by atoms with van der Waals surface area (Å²) < 4.78 is 31.4. The van der Waals surface area contributed by atoms with Crippen LogP contribution in [0.2, 0.25) is 0 Å². The molecule has 44 heavy (non-hydrogen) atoms. The van der Waals surface area contributed by atoms with E-state index in [9.17, 15) is 18.4 Å². The van der Waals surface area contributed by atoms with E-state index >= 15 is 0 Å². The summed E-state index contributed by atoms with van der Waals surface area (Å²) in [6.45, 7) is 2.22. The van der Waals surface area contributed by atoms with Crippen molar-refractivity contribution in [2.45, 2.75) is 44.6 Å². The first-order chi connectivity index (χ1) is 20.8. The van der Waals surface area contributed by atoms with E-state index in [0.29, 0.717) is 41.3 Å². The number of alkyl halides is 2. The molecule has 2 N–H and O–H groups in total. The molecule has 226 valence electrons. The Kier molecular flexibility index (Phi) is 7.66. The van der Waals surface area contributed by atoms with Gasteiger partial charge in [0.1, 0.15) is 5.69 Å². The smallest absolute Gasteiger partial charge is 0.251 e. The quantitative estimate of drug-likeness (QED) is 0.264. The lowest BCUT2D eigenvalue weighted by Crippen LogP contribution is -2.52. The summed E-state index contributed by atoms with van der Waals surface area (Å²) in [6, 6.07) is 15.5. The number of hydrogen-bond donors (Lipinski definition) is 2. The summed E-state index contributed by atoms with van der Waals surface area (Å²) in [4.78, 5) is 41.4. The number of fused-ring (bicyclic) bond motifs is 3. The standard InChI is InChI=1S/C32H29F2N7O2.ClH/c1-19-11-17-41(39-19)21-8-6-20(7-9-21)30(42)38-26-10-13-32(33,34)18-24(26)31(43)40-16-12-23-27(29-35-14-15-36-29)37-25-5-3-2-4-22(25)28(23)40;/h2-9,11,14-15,17,24,26H,10,12-13,16,18H2,1H3,(H,35,36)(H,38,42);1H/t24-,26+;/m0./s1. The van der Waals surface area contributed by atoms with Crippen molar-refractivity contribution in [1.82, 2.24) is 30.0 Å². The summed E-state index contributed by atoms with van der Waals surface area (Å²) in [5, 5.41) is 8.07. The van der Waals surface area contributed by atoms with Crippen molar-refractivity contribution >= 4 is 40.8 Å². The highest BCUT2D eigenvalue weighted by Crippen LogP contribution is 2.43. The molecule has 1 fully saturated rings. The molecule has 2 atom stereocenters. The molecule has 4 heterocycles. The van der Waals surface area contributed by atoms with Gasteiger partial charge in [-0.2, -0.15) is 5.10 Å². The van der Waals surface area contributed by atoms with Crippen LogP contribution in [0.1, 0.15) is 40.9 Å². The van der Waals surface area contributed by atoms with Crippen LogP contribution in [0.5, 0.6) is 0 Å². The Bertz CT molecular complexity index is 1840. The predicted molar refractivity (Wildman–Crippen MR) is 164 cm³/mol. The number of benzene rings is 2. The first-order valence-corrected chi connectivity index (χ1v) is 14.3. The molecule has 5 aromatic rings. The van der Waals surface area contributed by atoms with Crippen LogP contribution in [0.15, 0.2) is 73.2 Å². The average molecular weight is 618 g/mol. The lowest BCUT2D eigenvalue weighted by Gasteiger charge is -2.37. The van der Waals surface area contributed by atoms with Crippen LogP contribution in [0.3, 0.4) is 0 Å². The number of aromatic nitrogens is 5. The highest BCUT2D eigenvalue weighted by Gasteiger charge is 2.47. The maximum Gasteiger partial charge on any atom is 0.251 e. The monoisotopic (exact) mass is 617 g/mol. The zero-order valence-corrected chi connectivity index (χ0v) is 24.7. The molecule has 9 nitrogen and oxygen atoms in total. The number of imidazole rings is 1. The fourth-order valence-corrected chi connectivity index (χ4v) is 6.27. The van der Waals surface area contributed by atoms with Gasteiger partial charge in [0, 0.05) is 60.5 Å². The fourth-order valence-electron chi connectivity index (χ4n) is 6.27. The molecular formula is C32H30ClF2N7O2. The molecular weight excluding hydrogens is 588 g/mol. The van der Waals surface area contributed by atoms with Gasteiger partial charge in [0.25, 0.3) is 5.91 Å². The number of halogens is 3. The number of nitrogens with zero attached hydrogens (tertiary/aromatic N) is 5. The summed E-state index contributed by atoms with van der Waals surface area (Å²) in [7, 11) is 0. The van der Waals surface area contributed by atoms with E-state index in [1.165, 1.54) is 0 Å². The van der Waals surface area contributed by atoms with E-state index in [1.54, 1.807) is 46.2 Å². The molecule has 1 aliphatic heterocycles. The number of H-pyrrole nitrogens is 1. The molecule has 3 aromatic heterocycles. The van der Waals surface area contributed by atoms with Gasteiger partial charge in [0.15, 0.2) is 5.82 Å². The number of aromatic amines is 1. The van der Waals surface area contributed by atoms with Crippen LogP contribution >= 0.6 is 12.4 Å². The normalized spacial score (nSPS) is 18.9. The van der Waals surface area contributed by atoms with Gasteiger partial charge in [-0.15, -0.1) is 12.4 Å². The van der Waals surface area contributed by atoms with Crippen LogP contribution in [0.25, 0.3) is 28.1 Å². The molecule has 0 saturated heterocycles. The number of anilines is 1. The van der Waals surface area contributed by atoms with Crippen LogP contribution in [0.4, 0.5) is 14.5 Å². The second-order valence-corrected chi connectivity index (χ2v) is 11.2. The zero-order valence-electron chi connectivity index (χ0n) is 23.8. The first kappa shape index (κ1) is 29.4. The number of pyridine rings is 1. The first-order valence-electron chi connectivity index (χ1n) is 14.3. The summed E-state index contributed by atoms with van der Waals surface area (Å²) >= 11 is 0. The molecule has 7 rings (SSSR count). The lowest BCUT2D eigenvalue weighted by atomic mass is 9.81. The van der Waals surface area contributed by atoms with E-state index in [0.717, 1.165) is 22.3 Å². The van der Waals surface area contributed by atoms with Crippen molar-refractivity contribution in [2.75, 3.05) is 11.4 Å². The Balaban J connectivity index is 0.00000343. The third kappa shape index (κ3) is 5.32. The van der Waals surface area contributed by atoms with Crippen LogP contribution in [-0.2, 0) is 11.2 Å². The van der Waals surface area contributed by atoms with Crippen molar-refractivity contribution in [1.29, 1.82) is 0 Å². The molecule has 2 aliphatic rings. The number of nitrogens with one attached hydrogen (secondary N) is 2. The van der Waals surface area contributed by atoms with E-state index in [4.69, 9.17) is 4.98 Å². The van der Waals surface area contributed by atoms with Crippen molar-refractivity contribution in [3.05, 3.63) is 90.0 Å². The van der Waals surface area contributed by atoms with Crippen molar-refractivity contribution in [3.8, 4) is 17.2 Å². The Morgan fingerprint density at radius 2 is 1.89 bits per heavy atom. The topological polar surface area (TPSA) is 109 Å². The van der Waals surface area contributed by atoms with Gasteiger partial charge in [-0.25, -0.2) is 23.4 Å². The van der Waals surface area contributed by atoms with Crippen molar-refractivity contribution in [2.24, 2.45) is 5.92 Å². The molecule has 0 unspecified atom stereocenters. The largest absolute Gasteiger partial charge is 0.348 e. The molecule has 2 amide bonds. The van der Waals surface area contributed by atoms with Gasteiger partial charge >= 0.3 is 0 Å². The zero-order chi connectivity index (χ0) is 29.7. The van der Waals surface area contributed by atoms with Crippen LogP contribution < -0.4 is 10.2 Å². The van der Waals surface area contributed by atoms with E-state index in [1.807, 2.05) is 43.5 Å². The summed E-state index contributed by atoms with van der Waals surface area (Å²) in [6.07, 6.45) is 4.65. The Morgan fingerprint density at radius 1 is 1.09 bits per heavy atom. The average Bonchev–Trinajstić information content (AvgIpc) is 3.79. The highest BCUT2D eigenvalue weighted by molar-refractivity contribution is 6.08. The maximum absolute atomic E-state index is 14.8. The van der Waals surface area contributed by atoms with Gasteiger partial charge < -0.3 is 15.2 Å². The Labute approximate surface area is 258 Å². The second-order valence-electron chi connectivity index (χ2n) is 11.2. The van der Waals surface area contributed by atoms with Gasteiger partial charge in [0.05, 0.1) is 28.5 Å². The number of carbonyl (C=O) groups is 2. The minimum atomic E-state index is -3.01. The van der Waals surface area contributed by atoms with Gasteiger partial charge in [0.2, 0.25) is 11.8 Å². The van der Waals surface area contributed by atoms with Crippen LogP contribution in [0, 0.1) is 12.8 Å². The molecule has 0 bridgehead atoms. The number of amides is 2. The molecule has 0 radical (unpaired) electrons. The van der Waals surface area contributed by atoms with E-state index in [-0.39, 0.29) is 18.8 Å². The number of para-hydroxylation sites is 1. The van der Waals surface area contributed by atoms with Gasteiger partial charge in [-0.05, 0) is 56.2 Å². The molecule has 1 saturated carbocycles. The van der Waals surface area contributed by atoms with E-state index in [2.05, 4.69) is 20.4 Å². The van der Waals surface area contributed by atoms with Gasteiger partial charge in [-0.3, -0.25) is 9.59 Å². The minimum Gasteiger partial charge on any atom is -0.348 e. The third-order valence-electron chi connectivity index (χ3n) is 8.38. The van der Waals surface area contributed by atoms with Crippen molar-refractivity contribution in [3.63, 3.8) is 0 Å². The summed E-state index contributed by atoms with van der Waals surface area (Å²) in [5.74, 6) is -4.35. The molecule has 12 heteroatoms. The predicted octanol–water partition coefficient (Wildman–Crippen LogP) is 5.66. The minimum absolute atomic E-state index is 0. The number of carbonyl (C=O) groups excluding carboxylic acids is 2. The van der Waals surface area contributed by atoms with Crippen molar-refractivity contribution < 1.29 is 18.4 Å². The second kappa shape index (κ2) is 11.5. The Hall–Kier alpha value is -4.64. The van der Waals surface area contributed by atoms with Crippen LogP contribution in [-0.4, -0.2) is 55.1 Å². The number of aryl methyl sites for hydroxylation is 1. The summed E-state index contributed by atoms with van der Waals surface area (Å²) in [5.41, 5.74) is 4.87. The van der Waals surface area contributed by atoms with E-state index < -0.39 is 42.5 Å². The highest BCUT2D eigenvalue weighted by atomic mass is 35.5. The fraction of sp³-hybridized carbons (Fsp3) is 0.281. The Morgan fingerprint density at radius 3 is 2.61 bits per heavy atom. The molecule has 0 spiro atoms. The van der Waals surface area contributed by atoms with Gasteiger partial charge in [-0.1, -0.05) is 18.2 Å². The maximum atomic E-state index is 14.8. The number of rotatable bonds is 5. The third-order valence-corrected chi connectivity index (χ3v) is 8.38. The molecule has 2 aromatic carbocycles. The number of hydrogen-bond acceptors (Lipinski definition) is 5. The lowest BCUT2D eigenvalue weighted by molar-refractivity contribution is -0.131. The SMILES string of the molecule is Cc1ccn(-c2ccc(C(=O)N[C@@H]3CCC(F)(F)C[C@@H]3C(=O)N3CCc4c(-c5ncc[nH]5)nc5ccccc5c43)cc2)n1.Cl. The molecule has 1 aliphatic carbocycles.